The molecule has 2 rings (SSSR count). The molecule has 0 heterocycles. The van der Waals surface area contributed by atoms with Gasteiger partial charge in [-0.25, -0.2) is 8.42 Å². The average molecular weight is 361 g/mol. The minimum atomic E-state index is -3.45. The van der Waals surface area contributed by atoms with Crippen LogP contribution in [-0.2, 0) is 10.0 Å². The highest BCUT2D eigenvalue weighted by Gasteiger charge is 2.28. The molecule has 0 unspecified atom stereocenters. The van der Waals surface area contributed by atoms with E-state index in [2.05, 4.69) is 15.9 Å². The van der Waals surface area contributed by atoms with E-state index in [1.165, 1.54) is 17.1 Å². The predicted octanol–water partition coefficient (Wildman–Crippen LogP) is 3.37. The monoisotopic (exact) mass is 360 g/mol. The third kappa shape index (κ3) is 3.35. The molecule has 20 heavy (non-hydrogen) atoms. The number of hydrogen-bond donors (Lipinski definition) is 1. The standard InChI is InChI=1S/C14H21BrN2O2S/c1-17(11-6-4-2-3-5-7-11)20(18,19)12-8-9-14(16)13(15)10-12/h8-11H,2-7,16H2,1H3. The number of halogens is 1. The van der Waals surface area contributed by atoms with Gasteiger partial charge in [0.25, 0.3) is 0 Å². The smallest absolute Gasteiger partial charge is 0.243 e. The molecule has 0 aliphatic heterocycles. The van der Waals surface area contributed by atoms with Crippen LogP contribution in [0.5, 0.6) is 0 Å². The summed E-state index contributed by atoms with van der Waals surface area (Å²) >= 11 is 3.29. The first-order valence-corrected chi connectivity index (χ1v) is 9.19. The van der Waals surface area contributed by atoms with Crippen molar-refractivity contribution in [2.75, 3.05) is 12.8 Å². The van der Waals surface area contributed by atoms with Crippen molar-refractivity contribution in [1.82, 2.24) is 4.31 Å². The van der Waals surface area contributed by atoms with Gasteiger partial charge >= 0.3 is 0 Å². The molecule has 6 heteroatoms. The quantitative estimate of drug-likeness (QED) is 0.663. The molecule has 1 fully saturated rings. The van der Waals surface area contributed by atoms with Crippen LogP contribution in [0.4, 0.5) is 5.69 Å². The topological polar surface area (TPSA) is 63.4 Å². The van der Waals surface area contributed by atoms with Crippen LogP contribution >= 0.6 is 15.9 Å². The summed E-state index contributed by atoms with van der Waals surface area (Å²) in [6.07, 6.45) is 6.53. The van der Waals surface area contributed by atoms with Crippen LogP contribution in [0, 0.1) is 0 Å². The van der Waals surface area contributed by atoms with Crippen molar-refractivity contribution >= 4 is 31.6 Å². The van der Waals surface area contributed by atoms with Crippen LogP contribution in [0.15, 0.2) is 27.6 Å². The Hall–Kier alpha value is -0.590. The Labute approximate surface area is 129 Å². The molecule has 1 saturated carbocycles. The second-order valence-corrected chi connectivity index (χ2v) is 8.20. The fraction of sp³-hybridized carbons (Fsp3) is 0.571. The van der Waals surface area contributed by atoms with E-state index in [1.807, 2.05) is 0 Å². The number of hydrogen-bond acceptors (Lipinski definition) is 3. The summed E-state index contributed by atoms with van der Waals surface area (Å²) in [4.78, 5) is 0.297. The summed E-state index contributed by atoms with van der Waals surface area (Å²) in [5.74, 6) is 0. The molecule has 0 radical (unpaired) electrons. The Bertz CT molecular complexity index is 567. The van der Waals surface area contributed by atoms with Crippen LogP contribution in [0.2, 0.25) is 0 Å². The van der Waals surface area contributed by atoms with Gasteiger partial charge in [-0.3, -0.25) is 0 Å². The summed E-state index contributed by atoms with van der Waals surface area (Å²) in [5, 5.41) is 0. The fourth-order valence-corrected chi connectivity index (χ4v) is 4.63. The maximum atomic E-state index is 12.7. The molecule has 0 saturated heterocycles. The zero-order valence-electron chi connectivity index (χ0n) is 11.7. The lowest BCUT2D eigenvalue weighted by Crippen LogP contribution is -2.36. The SMILES string of the molecule is CN(C1CCCCCC1)S(=O)(=O)c1ccc(N)c(Br)c1. The molecule has 2 N–H and O–H groups in total. The lowest BCUT2D eigenvalue weighted by Gasteiger charge is -2.26. The molecule has 0 aromatic heterocycles. The van der Waals surface area contributed by atoms with Crippen molar-refractivity contribution in [3.8, 4) is 0 Å². The van der Waals surface area contributed by atoms with Crippen molar-refractivity contribution in [3.05, 3.63) is 22.7 Å². The zero-order chi connectivity index (χ0) is 14.8. The normalized spacial score (nSPS) is 18.1. The van der Waals surface area contributed by atoms with E-state index >= 15 is 0 Å². The van der Waals surface area contributed by atoms with Gasteiger partial charge in [0.2, 0.25) is 10.0 Å². The van der Waals surface area contributed by atoms with Crippen LogP contribution in [-0.4, -0.2) is 25.8 Å². The number of rotatable bonds is 3. The van der Waals surface area contributed by atoms with Gasteiger partial charge in [0, 0.05) is 23.2 Å². The lowest BCUT2D eigenvalue weighted by atomic mass is 10.1. The van der Waals surface area contributed by atoms with Gasteiger partial charge in [-0.2, -0.15) is 4.31 Å². The van der Waals surface area contributed by atoms with E-state index < -0.39 is 10.0 Å². The predicted molar refractivity (Wildman–Crippen MR) is 85.0 cm³/mol. The first-order chi connectivity index (χ1) is 9.43. The van der Waals surface area contributed by atoms with Crippen LogP contribution in [0.1, 0.15) is 38.5 Å². The lowest BCUT2D eigenvalue weighted by molar-refractivity contribution is 0.335. The molecule has 0 bridgehead atoms. The molecule has 1 aromatic rings. The van der Waals surface area contributed by atoms with Crippen molar-refractivity contribution in [1.29, 1.82) is 0 Å². The van der Waals surface area contributed by atoms with E-state index in [1.54, 1.807) is 25.2 Å². The van der Waals surface area contributed by atoms with Gasteiger partial charge in [0.15, 0.2) is 0 Å². The van der Waals surface area contributed by atoms with Gasteiger partial charge in [-0.05, 0) is 47.0 Å². The molecular formula is C14H21BrN2O2S. The van der Waals surface area contributed by atoms with Crippen LogP contribution in [0.25, 0.3) is 0 Å². The fourth-order valence-electron chi connectivity index (χ4n) is 2.65. The Morgan fingerprint density at radius 2 is 1.80 bits per heavy atom. The molecule has 0 atom stereocenters. The largest absolute Gasteiger partial charge is 0.398 e. The first-order valence-electron chi connectivity index (χ1n) is 6.96. The van der Waals surface area contributed by atoms with E-state index in [0.29, 0.717) is 15.1 Å². The van der Waals surface area contributed by atoms with Gasteiger partial charge in [-0.15, -0.1) is 0 Å². The summed E-state index contributed by atoms with van der Waals surface area (Å²) < 4.78 is 27.5. The van der Waals surface area contributed by atoms with Crippen LogP contribution < -0.4 is 5.73 Å². The number of anilines is 1. The summed E-state index contributed by atoms with van der Waals surface area (Å²) in [7, 11) is -1.76. The Kier molecular flexibility index (Phi) is 5.09. The van der Waals surface area contributed by atoms with Gasteiger partial charge in [0.1, 0.15) is 0 Å². The van der Waals surface area contributed by atoms with E-state index in [9.17, 15) is 8.42 Å². The van der Waals surface area contributed by atoms with Gasteiger partial charge in [-0.1, -0.05) is 25.7 Å². The summed E-state index contributed by atoms with van der Waals surface area (Å²) in [6, 6.07) is 4.89. The second-order valence-electron chi connectivity index (χ2n) is 5.35. The minimum absolute atomic E-state index is 0.110. The van der Waals surface area contributed by atoms with Gasteiger partial charge in [0.05, 0.1) is 4.90 Å². The molecular weight excluding hydrogens is 340 g/mol. The summed E-state index contributed by atoms with van der Waals surface area (Å²) in [6.45, 7) is 0. The molecule has 1 aliphatic rings. The highest BCUT2D eigenvalue weighted by atomic mass is 79.9. The van der Waals surface area contributed by atoms with Crippen molar-refractivity contribution < 1.29 is 8.42 Å². The highest BCUT2D eigenvalue weighted by molar-refractivity contribution is 9.10. The molecule has 1 aliphatic carbocycles. The van der Waals surface area contributed by atoms with Gasteiger partial charge < -0.3 is 5.73 Å². The zero-order valence-corrected chi connectivity index (χ0v) is 14.1. The second kappa shape index (κ2) is 6.45. The third-order valence-electron chi connectivity index (χ3n) is 3.99. The van der Waals surface area contributed by atoms with Crippen LogP contribution in [0.3, 0.4) is 0 Å². The number of nitrogens with zero attached hydrogens (tertiary/aromatic N) is 1. The molecule has 112 valence electrons. The molecule has 1 aromatic carbocycles. The minimum Gasteiger partial charge on any atom is -0.398 e. The maximum absolute atomic E-state index is 12.7. The molecule has 0 amide bonds. The van der Waals surface area contributed by atoms with Crippen molar-refractivity contribution in [3.63, 3.8) is 0 Å². The Balaban J connectivity index is 2.26. The molecule has 0 spiro atoms. The summed E-state index contributed by atoms with van der Waals surface area (Å²) in [5.41, 5.74) is 6.26. The Morgan fingerprint density at radius 3 is 2.35 bits per heavy atom. The highest BCUT2D eigenvalue weighted by Crippen LogP contribution is 2.28. The number of sulfonamides is 1. The Morgan fingerprint density at radius 1 is 1.20 bits per heavy atom. The van der Waals surface area contributed by atoms with Crippen molar-refractivity contribution in [2.24, 2.45) is 0 Å². The molecule has 4 nitrogen and oxygen atoms in total. The van der Waals surface area contributed by atoms with E-state index in [4.69, 9.17) is 5.73 Å². The van der Waals surface area contributed by atoms with E-state index in [0.717, 1.165) is 25.7 Å². The average Bonchev–Trinajstić information content (AvgIpc) is 2.69. The maximum Gasteiger partial charge on any atom is 0.243 e. The first kappa shape index (κ1) is 15.8. The third-order valence-corrected chi connectivity index (χ3v) is 6.58. The van der Waals surface area contributed by atoms with Crippen molar-refractivity contribution in [2.45, 2.75) is 49.5 Å². The van der Waals surface area contributed by atoms with E-state index in [-0.39, 0.29) is 6.04 Å². The number of benzene rings is 1. The number of nitrogen functional groups attached to an aromatic ring is 1. The number of nitrogens with two attached hydrogens (primary N) is 1.